The van der Waals surface area contributed by atoms with Crippen molar-refractivity contribution in [2.45, 2.75) is 24.3 Å². The van der Waals surface area contributed by atoms with Crippen LogP contribution >= 0.6 is 23.1 Å². The van der Waals surface area contributed by atoms with Crippen LogP contribution in [0.1, 0.15) is 11.9 Å². The lowest BCUT2D eigenvalue weighted by atomic mass is 10.4. The Balaban J connectivity index is 1.93. The molecule has 2 heterocycles. The first-order chi connectivity index (χ1) is 8.65. The highest BCUT2D eigenvalue weighted by atomic mass is 32.2. The molecule has 0 aromatic carbocycles. The Bertz CT molecular complexity index is 530. The predicted molar refractivity (Wildman–Crippen MR) is 70.6 cm³/mol. The van der Waals surface area contributed by atoms with Gasteiger partial charge in [-0.25, -0.2) is 9.97 Å². The summed E-state index contributed by atoms with van der Waals surface area (Å²) in [6.07, 6.45) is 3.29. The number of aromatic nitrogens is 4. The fraction of sp³-hybridized carbons (Fsp3) is 0.300. The maximum Gasteiger partial charge on any atom is 0.239 e. The van der Waals surface area contributed by atoms with Gasteiger partial charge in [0.25, 0.3) is 0 Å². The maximum absolute atomic E-state index is 11.9. The second kappa shape index (κ2) is 5.87. The molecule has 1 N–H and O–H groups in total. The van der Waals surface area contributed by atoms with Gasteiger partial charge in [-0.05, 0) is 19.9 Å². The molecule has 2 aromatic rings. The summed E-state index contributed by atoms with van der Waals surface area (Å²) in [5, 5.41) is 12.0. The van der Waals surface area contributed by atoms with E-state index in [1.54, 1.807) is 25.4 Å². The summed E-state index contributed by atoms with van der Waals surface area (Å²) in [5.74, 6) is -0.136. The molecule has 2 aromatic heterocycles. The SMILES string of the molecule is Cc1nnc(NC(=O)C(C)Sc2ncccn2)s1. The molecule has 0 saturated carbocycles. The Morgan fingerprint density at radius 3 is 2.72 bits per heavy atom. The molecule has 0 fully saturated rings. The lowest BCUT2D eigenvalue weighted by molar-refractivity contribution is -0.115. The summed E-state index contributed by atoms with van der Waals surface area (Å²) in [6.45, 7) is 3.63. The lowest BCUT2D eigenvalue weighted by Gasteiger charge is -2.08. The first-order valence-electron chi connectivity index (χ1n) is 5.20. The number of carbonyl (C=O) groups excluding carboxylic acids is 1. The molecular weight excluding hydrogens is 270 g/mol. The molecule has 1 amide bonds. The van der Waals surface area contributed by atoms with Gasteiger partial charge in [0.2, 0.25) is 11.0 Å². The van der Waals surface area contributed by atoms with Gasteiger partial charge in [-0.15, -0.1) is 10.2 Å². The van der Waals surface area contributed by atoms with Crippen molar-refractivity contribution < 1.29 is 4.79 Å². The molecule has 18 heavy (non-hydrogen) atoms. The third-order valence-corrected chi connectivity index (χ3v) is 3.69. The number of carbonyl (C=O) groups is 1. The fourth-order valence-corrected chi connectivity index (χ4v) is 2.43. The van der Waals surface area contributed by atoms with E-state index >= 15 is 0 Å². The molecule has 0 radical (unpaired) electrons. The summed E-state index contributed by atoms with van der Waals surface area (Å²) in [6, 6.07) is 1.73. The quantitative estimate of drug-likeness (QED) is 0.679. The molecular formula is C10H11N5OS2. The first-order valence-corrected chi connectivity index (χ1v) is 6.89. The molecule has 0 spiro atoms. The molecule has 2 rings (SSSR count). The summed E-state index contributed by atoms with van der Waals surface area (Å²) in [4.78, 5) is 20.0. The number of hydrogen-bond donors (Lipinski definition) is 1. The van der Waals surface area contributed by atoms with Gasteiger partial charge in [-0.2, -0.15) is 0 Å². The Morgan fingerprint density at radius 1 is 1.39 bits per heavy atom. The van der Waals surface area contributed by atoms with Crippen molar-refractivity contribution in [1.82, 2.24) is 20.2 Å². The third-order valence-electron chi connectivity index (χ3n) is 1.95. The zero-order valence-corrected chi connectivity index (χ0v) is 11.5. The molecule has 1 unspecified atom stereocenters. The fourth-order valence-electron chi connectivity index (χ4n) is 1.11. The van der Waals surface area contributed by atoms with Crippen LogP contribution in [0.5, 0.6) is 0 Å². The van der Waals surface area contributed by atoms with E-state index in [1.165, 1.54) is 23.1 Å². The molecule has 1 atom stereocenters. The highest BCUT2D eigenvalue weighted by Crippen LogP contribution is 2.21. The van der Waals surface area contributed by atoms with Crippen molar-refractivity contribution in [3.8, 4) is 0 Å². The van der Waals surface area contributed by atoms with Gasteiger partial charge in [0.1, 0.15) is 5.01 Å². The molecule has 0 saturated heterocycles. The molecule has 0 bridgehead atoms. The molecule has 94 valence electrons. The van der Waals surface area contributed by atoms with E-state index in [4.69, 9.17) is 0 Å². The minimum absolute atomic E-state index is 0.136. The van der Waals surface area contributed by atoms with Crippen molar-refractivity contribution in [2.24, 2.45) is 0 Å². The van der Waals surface area contributed by atoms with Gasteiger partial charge >= 0.3 is 0 Å². The van der Waals surface area contributed by atoms with Gasteiger partial charge in [-0.1, -0.05) is 23.1 Å². The summed E-state index contributed by atoms with van der Waals surface area (Å²) in [7, 11) is 0. The van der Waals surface area contributed by atoms with Crippen molar-refractivity contribution in [3.63, 3.8) is 0 Å². The number of anilines is 1. The van der Waals surface area contributed by atoms with Gasteiger partial charge in [-0.3, -0.25) is 10.1 Å². The average Bonchev–Trinajstić information content (AvgIpc) is 2.76. The summed E-state index contributed by atoms with van der Waals surface area (Å²) < 4.78 is 0. The molecule has 0 aliphatic rings. The number of hydrogen-bond acceptors (Lipinski definition) is 7. The third kappa shape index (κ3) is 3.47. The monoisotopic (exact) mass is 281 g/mol. The van der Waals surface area contributed by atoms with E-state index in [9.17, 15) is 4.79 Å². The van der Waals surface area contributed by atoms with Crippen LogP contribution in [0.3, 0.4) is 0 Å². The largest absolute Gasteiger partial charge is 0.300 e. The Hall–Kier alpha value is -1.54. The highest BCUT2D eigenvalue weighted by Gasteiger charge is 2.17. The van der Waals surface area contributed by atoms with E-state index in [0.29, 0.717) is 10.3 Å². The Morgan fingerprint density at radius 2 is 2.11 bits per heavy atom. The molecule has 0 aliphatic carbocycles. The minimum atomic E-state index is -0.295. The number of nitrogens with one attached hydrogen (secondary N) is 1. The highest BCUT2D eigenvalue weighted by molar-refractivity contribution is 8.00. The van der Waals surface area contributed by atoms with Crippen molar-refractivity contribution >= 4 is 34.1 Å². The van der Waals surface area contributed by atoms with Gasteiger partial charge in [0.05, 0.1) is 5.25 Å². The van der Waals surface area contributed by atoms with Crippen LogP contribution in [-0.2, 0) is 4.79 Å². The number of nitrogens with zero attached hydrogens (tertiary/aromatic N) is 4. The van der Waals surface area contributed by atoms with Crippen molar-refractivity contribution in [3.05, 3.63) is 23.5 Å². The van der Waals surface area contributed by atoms with Crippen LogP contribution in [0.15, 0.2) is 23.6 Å². The van der Waals surface area contributed by atoms with E-state index in [1.807, 2.05) is 6.92 Å². The second-order valence-corrected chi connectivity index (χ2v) is 5.90. The van der Waals surface area contributed by atoms with Crippen LogP contribution in [-0.4, -0.2) is 31.3 Å². The van der Waals surface area contributed by atoms with E-state index in [0.717, 1.165) is 5.01 Å². The molecule has 8 heteroatoms. The minimum Gasteiger partial charge on any atom is -0.300 e. The van der Waals surface area contributed by atoms with Crippen LogP contribution in [0, 0.1) is 6.92 Å². The normalized spacial score (nSPS) is 12.1. The van der Waals surface area contributed by atoms with Crippen LogP contribution in [0.4, 0.5) is 5.13 Å². The van der Waals surface area contributed by atoms with Crippen LogP contribution < -0.4 is 5.32 Å². The van der Waals surface area contributed by atoms with Gasteiger partial charge in [0.15, 0.2) is 5.16 Å². The zero-order valence-electron chi connectivity index (χ0n) is 9.82. The number of aryl methyl sites for hydroxylation is 1. The topological polar surface area (TPSA) is 80.7 Å². The number of rotatable bonds is 4. The maximum atomic E-state index is 11.9. The van der Waals surface area contributed by atoms with Crippen LogP contribution in [0.25, 0.3) is 0 Å². The van der Waals surface area contributed by atoms with Crippen LogP contribution in [0.2, 0.25) is 0 Å². The first kappa shape index (κ1) is 12.9. The predicted octanol–water partition coefficient (Wildman–Crippen LogP) is 1.76. The lowest BCUT2D eigenvalue weighted by Crippen LogP contribution is -2.22. The summed E-state index contributed by atoms with van der Waals surface area (Å²) in [5.41, 5.74) is 0. The Kier molecular flexibility index (Phi) is 4.21. The second-order valence-electron chi connectivity index (χ2n) is 3.41. The van der Waals surface area contributed by atoms with E-state index < -0.39 is 0 Å². The molecule has 6 nitrogen and oxygen atoms in total. The van der Waals surface area contributed by atoms with Gasteiger partial charge in [0, 0.05) is 12.4 Å². The van der Waals surface area contributed by atoms with E-state index in [-0.39, 0.29) is 11.2 Å². The zero-order chi connectivity index (χ0) is 13.0. The van der Waals surface area contributed by atoms with Crippen molar-refractivity contribution in [2.75, 3.05) is 5.32 Å². The van der Waals surface area contributed by atoms with Crippen molar-refractivity contribution in [1.29, 1.82) is 0 Å². The summed E-state index contributed by atoms with van der Waals surface area (Å²) >= 11 is 2.65. The average molecular weight is 281 g/mol. The number of thioether (sulfide) groups is 1. The number of amides is 1. The van der Waals surface area contributed by atoms with E-state index in [2.05, 4.69) is 25.5 Å². The Labute approximate surface area is 112 Å². The van der Waals surface area contributed by atoms with Gasteiger partial charge < -0.3 is 0 Å². The molecule has 0 aliphatic heterocycles. The smallest absolute Gasteiger partial charge is 0.239 e. The standard InChI is InChI=1S/C10H11N5OS2/c1-6(17-9-11-4-3-5-12-9)8(16)13-10-15-14-7(2)18-10/h3-6H,1-2H3,(H,13,15,16).